The van der Waals surface area contributed by atoms with Crippen LogP contribution in [0.3, 0.4) is 0 Å². The first-order valence-electron chi connectivity index (χ1n) is 0.183. The molecule has 0 spiro atoms. The van der Waals surface area contributed by atoms with Crippen LogP contribution in [0, 0.1) is 0 Å². The van der Waals surface area contributed by atoms with Gasteiger partial charge in [0.25, 0.3) is 0 Å². The van der Waals surface area contributed by atoms with Crippen molar-refractivity contribution >= 4 is 45.5 Å². The Bertz CT molecular complexity index is 17.7. The minimum Gasteiger partial charge on any atom is 0 e. The van der Waals surface area contributed by atoms with Gasteiger partial charge in [0.15, 0.2) is 0 Å². The number of hydrogen-bond donors (Lipinski definition) is 0. The number of rotatable bonds is 0. The Balaban J connectivity index is -0.000000000500. The molecule has 0 aromatic carbocycles. The topological polar surface area (TPSA) is 17.1 Å². The third kappa shape index (κ3) is 18.6. The van der Waals surface area contributed by atoms with Crippen LogP contribution in [0.15, 0.2) is 0 Å². The molecule has 0 aromatic heterocycles. The molecule has 0 unspecified atom stereocenters. The van der Waals surface area contributed by atoms with Gasteiger partial charge in [0.05, 0.1) is 0 Å². The molecule has 1 nitrogen and oxygen atoms in total. The Morgan fingerprint density at radius 3 is 1.40 bits per heavy atom. The van der Waals surface area contributed by atoms with E-state index < -0.39 is 0 Å². The summed E-state index contributed by atoms with van der Waals surface area (Å²) < 4.78 is 8.30. The van der Waals surface area contributed by atoms with E-state index in [1.807, 2.05) is 0 Å². The van der Waals surface area contributed by atoms with Crippen molar-refractivity contribution in [3.63, 3.8) is 0 Å². The van der Waals surface area contributed by atoms with Gasteiger partial charge in [0, 0.05) is 44.1 Å². The first-order chi connectivity index (χ1) is 1.00. The van der Waals surface area contributed by atoms with Crippen LogP contribution >= 0.6 is 0 Å². The summed E-state index contributed by atoms with van der Waals surface area (Å²) in [5, 5.41) is 0. The predicted molar refractivity (Wildman–Crippen MR) is 8.66 cm³/mol. The zero-order chi connectivity index (χ0) is 2.00. The van der Waals surface area contributed by atoms with Crippen molar-refractivity contribution in [1.82, 2.24) is 0 Å². The quantitative estimate of drug-likeness (QED) is 0.486. The summed E-state index contributed by atoms with van der Waals surface area (Å²) in [6, 6.07) is 0. The summed E-state index contributed by atoms with van der Waals surface area (Å²) in [6.45, 7) is 0. The van der Waals surface area contributed by atoms with E-state index in [0.717, 1.165) is 0 Å². The van der Waals surface area contributed by atoms with E-state index in [1.165, 1.54) is 0 Å². The average molecular weight is 427 g/mol. The molecule has 0 atom stereocenters. The maximum atomic E-state index is 8.30. The maximum Gasteiger partial charge on any atom is 2.00 e. The molecule has 24 valence electrons. The van der Waals surface area contributed by atoms with Crippen LogP contribution in [-0.4, -0.2) is 45.5 Å². The molecule has 5 heteroatoms. The Morgan fingerprint density at radius 2 is 1.40 bits per heavy atom. The van der Waals surface area contributed by atoms with E-state index in [-0.39, 0.29) is 92.4 Å². The van der Waals surface area contributed by atoms with Crippen LogP contribution in [0.1, 0.15) is 2.85 Å². The fraction of sp³-hybridized carbons (Fsp3) is 0. The molecule has 0 fully saturated rings. The second-order valence-corrected chi connectivity index (χ2v) is 0. The van der Waals surface area contributed by atoms with Gasteiger partial charge in [0.1, 0.15) is 0 Å². The summed E-state index contributed by atoms with van der Waals surface area (Å²) in [5.74, 6) is 0. The first-order valence-corrected chi connectivity index (χ1v) is 1.08. The molecule has 0 aliphatic carbocycles. The smallest absolute Gasteiger partial charge is 0 e. The standard InChI is InChI=1S/Nb.O.Sr.Ta.Ti.2H/q;;+2;;;2*-1. The van der Waals surface area contributed by atoms with E-state index in [9.17, 15) is 0 Å². The molecule has 0 aliphatic heterocycles. The minimum atomic E-state index is 0. The largest absolute Gasteiger partial charge is 2.00 e. The average Bonchev–Trinajstić information content (AvgIpc) is 1.00. The van der Waals surface area contributed by atoms with Gasteiger partial charge < -0.3 is 2.85 Å². The monoisotopic (exact) mass is 428 g/mol. The van der Waals surface area contributed by atoms with Gasteiger partial charge in [-0.15, -0.1) is 0 Å². The normalized spacial score (nSPS) is 0.600. The molecule has 5 heavy (non-hydrogen) atoms. The Hall–Kier alpha value is 3.48. The van der Waals surface area contributed by atoms with Gasteiger partial charge in [0.2, 0.25) is 0 Å². The van der Waals surface area contributed by atoms with Crippen molar-refractivity contribution in [3.05, 3.63) is 0 Å². The van der Waals surface area contributed by atoms with Crippen LogP contribution < -0.4 is 0 Å². The van der Waals surface area contributed by atoms with Crippen molar-refractivity contribution in [1.29, 1.82) is 0 Å². The van der Waals surface area contributed by atoms with Crippen molar-refractivity contribution in [2.45, 2.75) is 0 Å². The summed E-state index contributed by atoms with van der Waals surface area (Å²) in [5.41, 5.74) is 0. The van der Waals surface area contributed by atoms with Gasteiger partial charge in [-0.2, -0.15) is 0 Å². The van der Waals surface area contributed by atoms with Crippen LogP contribution in [-0.2, 0) is 68.4 Å². The van der Waals surface area contributed by atoms with Gasteiger partial charge in [-0.3, -0.25) is 0 Å². The Kier molecular flexibility index (Phi) is 123. The molecule has 0 aliphatic rings. The molecule has 0 heterocycles. The van der Waals surface area contributed by atoms with Gasteiger partial charge in [-0.1, -0.05) is 0 Å². The van der Waals surface area contributed by atoms with E-state index in [0.29, 0.717) is 21.0 Å². The SMILES string of the molecule is [H-].[H-].[O]=[Nb].[Sr+2].[Ta].[Ti]. The Labute approximate surface area is 114 Å². The summed E-state index contributed by atoms with van der Waals surface area (Å²) in [7, 11) is 0. The molecule has 0 amide bonds. The van der Waals surface area contributed by atoms with E-state index in [4.69, 9.17) is 3.25 Å². The molecular weight excluding hydrogens is 425 g/mol. The van der Waals surface area contributed by atoms with Crippen LogP contribution in [0.4, 0.5) is 0 Å². The summed E-state index contributed by atoms with van der Waals surface area (Å²) in [4.78, 5) is 0. The van der Waals surface area contributed by atoms with Gasteiger partial charge in [-0.05, 0) is 0 Å². The van der Waals surface area contributed by atoms with Crippen molar-refractivity contribution < 1.29 is 71.2 Å². The van der Waals surface area contributed by atoms with Crippen molar-refractivity contribution in [2.75, 3.05) is 0 Å². The van der Waals surface area contributed by atoms with E-state index in [1.54, 1.807) is 0 Å². The molecule has 0 saturated heterocycles. The zero-order valence-corrected chi connectivity index (χ0v) is 13.0. The zero-order valence-electron chi connectivity index (χ0n) is 4.51. The van der Waals surface area contributed by atoms with Crippen LogP contribution in [0.25, 0.3) is 0 Å². The number of hydrogen-bond acceptors (Lipinski definition) is 1. The second-order valence-electron chi connectivity index (χ2n) is 0. The van der Waals surface area contributed by atoms with Crippen LogP contribution in [0.5, 0.6) is 0 Å². The fourth-order valence-corrected chi connectivity index (χ4v) is 0. The third-order valence-electron chi connectivity index (χ3n) is 0. The summed E-state index contributed by atoms with van der Waals surface area (Å²) in [6.07, 6.45) is 0. The molecule has 1 radical (unpaired) electrons. The molecular formula is H2NbOSrTaTi. The van der Waals surface area contributed by atoms with E-state index >= 15 is 0 Å². The van der Waals surface area contributed by atoms with Crippen molar-refractivity contribution in [3.8, 4) is 0 Å². The van der Waals surface area contributed by atoms with Crippen molar-refractivity contribution in [2.24, 2.45) is 0 Å². The summed E-state index contributed by atoms with van der Waals surface area (Å²) >= 11 is 0.500. The second kappa shape index (κ2) is 26.0. The fourth-order valence-electron chi connectivity index (χ4n) is 0. The van der Waals surface area contributed by atoms with Crippen LogP contribution in [0.2, 0.25) is 0 Å². The molecule has 0 aromatic rings. The molecule has 0 bridgehead atoms. The maximum absolute atomic E-state index is 8.30. The minimum absolute atomic E-state index is 0. The Morgan fingerprint density at radius 1 is 1.40 bits per heavy atom. The van der Waals surface area contributed by atoms with E-state index in [2.05, 4.69) is 0 Å². The third-order valence-corrected chi connectivity index (χ3v) is 0. The van der Waals surface area contributed by atoms with Gasteiger partial charge >= 0.3 is 69.8 Å². The molecule has 0 saturated carbocycles. The van der Waals surface area contributed by atoms with Gasteiger partial charge in [-0.25, -0.2) is 0 Å². The first kappa shape index (κ1) is 23.6. The predicted octanol–water partition coefficient (Wildman–Crippen LogP) is -0.282. The molecule has 0 N–H and O–H groups in total. The molecule has 0 rings (SSSR count).